The Labute approximate surface area is 151 Å². The maximum atomic E-state index is 13.6. The van der Waals surface area contributed by atoms with Gasteiger partial charge in [-0.25, -0.2) is 4.39 Å². The second-order valence-corrected chi connectivity index (χ2v) is 6.81. The van der Waals surface area contributed by atoms with Crippen molar-refractivity contribution in [2.45, 2.75) is 32.0 Å². The Morgan fingerprint density at radius 3 is 2.80 bits per heavy atom. The van der Waals surface area contributed by atoms with Crippen molar-refractivity contribution in [3.63, 3.8) is 0 Å². The summed E-state index contributed by atoms with van der Waals surface area (Å²) in [5.74, 6) is 1.23. The molecule has 1 fully saturated rings. The molecule has 2 atom stereocenters. The highest BCUT2D eigenvalue weighted by atomic mass is 32.1. The molecular weight excluding hydrogens is 339 g/mol. The number of nitrogens with one attached hydrogen (secondary N) is 1. The molecule has 2 bridgehead atoms. The van der Waals surface area contributed by atoms with Crippen molar-refractivity contribution in [3.8, 4) is 11.5 Å². The average Bonchev–Trinajstić information content (AvgIpc) is 2.57. The molecule has 25 heavy (non-hydrogen) atoms. The topological polar surface area (TPSA) is 33.7 Å². The van der Waals surface area contributed by atoms with Gasteiger partial charge in [-0.05, 0) is 68.5 Å². The lowest BCUT2D eigenvalue weighted by molar-refractivity contribution is 0.0495. The molecule has 4 nitrogen and oxygen atoms in total. The van der Waals surface area contributed by atoms with Gasteiger partial charge in [0.1, 0.15) is 17.3 Å². The van der Waals surface area contributed by atoms with E-state index in [9.17, 15) is 4.39 Å². The van der Waals surface area contributed by atoms with E-state index in [1.807, 2.05) is 43.0 Å². The van der Waals surface area contributed by atoms with Gasteiger partial charge in [0, 0.05) is 17.7 Å². The normalized spacial score (nSPS) is 24.2. The molecule has 0 saturated carbocycles. The van der Waals surface area contributed by atoms with Crippen LogP contribution in [0.4, 0.5) is 10.1 Å². The molecule has 0 unspecified atom stereocenters. The number of hydrogen-bond acceptors (Lipinski definition) is 3. The number of nitrogens with zero attached hydrogens (tertiary/aromatic N) is 1. The van der Waals surface area contributed by atoms with Gasteiger partial charge in [-0.2, -0.15) is 0 Å². The van der Waals surface area contributed by atoms with Crippen molar-refractivity contribution in [1.29, 1.82) is 0 Å². The van der Waals surface area contributed by atoms with Gasteiger partial charge in [0.25, 0.3) is 0 Å². The molecule has 0 aromatic heterocycles. The first-order chi connectivity index (χ1) is 12.0. The van der Waals surface area contributed by atoms with Crippen molar-refractivity contribution in [2.24, 2.45) is 0 Å². The molecule has 0 spiro atoms. The maximum Gasteiger partial charge on any atom is 0.188 e. The van der Waals surface area contributed by atoms with Crippen LogP contribution in [0.5, 0.6) is 11.5 Å². The third-order valence-electron chi connectivity index (χ3n) is 4.64. The zero-order valence-electron chi connectivity index (χ0n) is 14.1. The van der Waals surface area contributed by atoms with Crippen molar-refractivity contribution < 1.29 is 13.9 Å². The highest BCUT2D eigenvalue weighted by Crippen LogP contribution is 2.45. The number of thiocarbonyl (C=S) groups is 1. The molecule has 4 rings (SSSR count). The Hall–Kier alpha value is -2.34. The summed E-state index contributed by atoms with van der Waals surface area (Å²) in [6.45, 7) is 4.59. The Balaban J connectivity index is 1.71. The van der Waals surface area contributed by atoms with Gasteiger partial charge in [-0.1, -0.05) is 0 Å². The maximum absolute atomic E-state index is 13.6. The van der Waals surface area contributed by atoms with E-state index in [0.717, 1.165) is 17.0 Å². The zero-order chi connectivity index (χ0) is 17.6. The third-order valence-corrected chi connectivity index (χ3v) is 4.94. The molecule has 2 heterocycles. The Morgan fingerprint density at radius 1 is 1.32 bits per heavy atom. The van der Waals surface area contributed by atoms with Crippen LogP contribution in [0.25, 0.3) is 0 Å². The van der Waals surface area contributed by atoms with Gasteiger partial charge < -0.3 is 14.8 Å². The second-order valence-electron chi connectivity index (χ2n) is 6.43. The van der Waals surface area contributed by atoms with Gasteiger partial charge in [0.2, 0.25) is 0 Å². The van der Waals surface area contributed by atoms with Crippen molar-refractivity contribution in [1.82, 2.24) is 5.32 Å². The molecular formula is C19H19FN2O2S. The van der Waals surface area contributed by atoms with Crippen LogP contribution in [0, 0.1) is 5.82 Å². The van der Waals surface area contributed by atoms with E-state index >= 15 is 0 Å². The Bertz CT molecular complexity index is 827. The van der Waals surface area contributed by atoms with E-state index in [1.165, 1.54) is 12.1 Å². The lowest BCUT2D eigenvalue weighted by atomic mass is 9.90. The molecule has 2 aromatic rings. The summed E-state index contributed by atoms with van der Waals surface area (Å²) in [5, 5.41) is 3.89. The Morgan fingerprint density at radius 2 is 2.08 bits per heavy atom. The van der Waals surface area contributed by atoms with Gasteiger partial charge in [-0.3, -0.25) is 4.90 Å². The summed E-state index contributed by atoms with van der Waals surface area (Å²) in [5.41, 5.74) is 1.10. The number of halogens is 1. The summed E-state index contributed by atoms with van der Waals surface area (Å²) >= 11 is 5.59. The highest BCUT2D eigenvalue weighted by molar-refractivity contribution is 7.80. The molecule has 1 saturated heterocycles. The smallest absolute Gasteiger partial charge is 0.188 e. The number of ether oxygens (including phenoxy) is 2. The zero-order valence-corrected chi connectivity index (χ0v) is 14.9. The van der Waals surface area contributed by atoms with Gasteiger partial charge in [0.15, 0.2) is 10.8 Å². The number of hydrogen-bond donors (Lipinski definition) is 1. The van der Waals surface area contributed by atoms with E-state index in [-0.39, 0.29) is 11.9 Å². The van der Waals surface area contributed by atoms with Gasteiger partial charge >= 0.3 is 0 Å². The van der Waals surface area contributed by atoms with Crippen molar-refractivity contribution >= 4 is 23.0 Å². The number of fused-ring (bicyclic) bond motifs is 4. The van der Waals surface area contributed by atoms with E-state index in [0.29, 0.717) is 23.9 Å². The molecule has 0 radical (unpaired) electrons. The lowest BCUT2D eigenvalue weighted by Crippen LogP contribution is -2.65. The number of rotatable bonds is 3. The van der Waals surface area contributed by atoms with Crippen LogP contribution >= 0.6 is 12.2 Å². The standard InChI is InChI=1S/C19H19FN2O2S/c1-3-23-14-7-5-13(6-8-14)22-18(25)21-16-11-19(22,2)24-17-9-4-12(20)10-15(16)17/h4-10,16H,3,11H2,1-2H3,(H,21,25)/t16-,19+/m0/s1. The second kappa shape index (κ2) is 5.88. The van der Waals surface area contributed by atoms with Crippen LogP contribution in [-0.4, -0.2) is 17.4 Å². The first kappa shape index (κ1) is 16.1. The van der Waals surface area contributed by atoms with E-state index in [4.69, 9.17) is 21.7 Å². The minimum Gasteiger partial charge on any atom is -0.494 e. The highest BCUT2D eigenvalue weighted by Gasteiger charge is 2.48. The average molecular weight is 358 g/mol. The fourth-order valence-corrected chi connectivity index (χ4v) is 4.04. The SMILES string of the molecule is CCOc1ccc(N2C(=S)N[C@H]3C[C@@]2(C)Oc2ccc(F)cc23)cc1. The molecule has 2 aliphatic rings. The molecule has 0 aliphatic carbocycles. The van der Waals surface area contributed by atoms with Crippen molar-refractivity contribution in [3.05, 3.63) is 53.8 Å². The largest absolute Gasteiger partial charge is 0.494 e. The van der Waals surface area contributed by atoms with Gasteiger partial charge in [0.05, 0.1) is 12.6 Å². The van der Waals surface area contributed by atoms with Gasteiger partial charge in [-0.15, -0.1) is 0 Å². The predicted octanol–water partition coefficient (Wildman–Crippen LogP) is 4.16. The number of benzene rings is 2. The predicted molar refractivity (Wildman–Crippen MR) is 98.6 cm³/mol. The first-order valence-electron chi connectivity index (χ1n) is 8.32. The molecule has 1 N–H and O–H groups in total. The van der Waals surface area contributed by atoms with Crippen LogP contribution in [-0.2, 0) is 0 Å². The first-order valence-corrected chi connectivity index (χ1v) is 8.73. The Kier molecular flexibility index (Phi) is 3.80. The van der Waals surface area contributed by atoms with Crippen LogP contribution in [0.1, 0.15) is 31.9 Å². The summed E-state index contributed by atoms with van der Waals surface area (Å²) in [6, 6.07) is 12.3. The minimum atomic E-state index is -0.634. The molecule has 2 aliphatic heterocycles. The van der Waals surface area contributed by atoms with Crippen molar-refractivity contribution in [2.75, 3.05) is 11.5 Å². The number of anilines is 1. The summed E-state index contributed by atoms with van der Waals surface area (Å²) < 4.78 is 25.4. The third kappa shape index (κ3) is 2.70. The molecule has 0 amide bonds. The monoisotopic (exact) mass is 358 g/mol. The van der Waals surface area contributed by atoms with E-state index < -0.39 is 5.72 Å². The van der Waals surface area contributed by atoms with Crippen LogP contribution < -0.4 is 19.7 Å². The molecule has 6 heteroatoms. The van der Waals surface area contributed by atoms with Crippen LogP contribution in [0.3, 0.4) is 0 Å². The summed E-state index contributed by atoms with van der Waals surface area (Å²) in [4.78, 5) is 1.97. The van der Waals surface area contributed by atoms with E-state index in [1.54, 1.807) is 6.07 Å². The molecule has 130 valence electrons. The lowest BCUT2D eigenvalue weighted by Gasteiger charge is -2.52. The summed E-state index contributed by atoms with van der Waals surface area (Å²) in [7, 11) is 0. The molecule has 2 aromatic carbocycles. The fourth-order valence-electron chi connectivity index (χ4n) is 3.59. The quantitative estimate of drug-likeness (QED) is 0.834. The summed E-state index contributed by atoms with van der Waals surface area (Å²) in [6.07, 6.45) is 0.663. The van der Waals surface area contributed by atoms with E-state index in [2.05, 4.69) is 5.32 Å². The van der Waals surface area contributed by atoms with Crippen LogP contribution in [0.2, 0.25) is 0 Å². The fraction of sp³-hybridized carbons (Fsp3) is 0.316. The van der Waals surface area contributed by atoms with Crippen LogP contribution in [0.15, 0.2) is 42.5 Å². The minimum absolute atomic E-state index is 0.0594.